The molecule has 0 heteroatoms. The summed E-state index contributed by atoms with van der Waals surface area (Å²) in [5, 5.41) is 0. The monoisotopic (exact) mass is 280 g/mol. The summed E-state index contributed by atoms with van der Waals surface area (Å²) in [6.07, 6.45) is 20.2. The van der Waals surface area contributed by atoms with Gasteiger partial charge in [-0.25, -0.2) is 0 Å². The van der Waals surface area contributed by atoms with Crippen LogP contribution in [0.1, 0.15) is 41.0 Å². The molecule has 0 spiro atoms. The first-order valence-corrected chi connectivity index (χ1v) is 7.57. The Kier molecular flexibility index (Phi) is 6.42. The second-order valence-corrected chi connectivity index (χ2v) is 6.34. The van der Waals surface area contributed by atoms with Crippen molar-refractivity contribution in [1.82, 2.24) is 0 Å². The minimum Gasteiger partial charge on any atom is -0.0991 e. The Morgan fingerprint density at radius 3 is 2.43 bits per heavy atom. The molecule has 0 nitrogen and oxygen atoms in total. The summed E-state index contributed by atoms with van der Waals surface area (Å²) in [4.78, 5) is 0. The fourth-order valence-corrected chi connectivity index (χ4v) is 2.48. The summed E-state index contributed by atoms with van der Waals surface area (Å²) < 4.78 is 0. The zero-order chi connectivity index (χ0) is 15.9. The molecule has 0 aliphatic heterocycles. The van der Waals surface area contributed by atoms with Crippen molar-refractivity contribution in [3.63, 3.8) is 0 Å². The normalized spacial score (nSPS) is 19.9. The number of rotatable bonds is 5. The molecule has 0 saturated carbocycles. The predicted molar refractivity (Wildman–Crippen MR) is 96.2 cm³/mol. The van der Waals surface area contributed by atoms with Gasteiger partial charge in [0.05, 0.1) is 0 Å². The Bertz CT molecular complexity index is 555. The van der Waals surface area contributed by atoms with Crippen LogP contribution < -0.4 is 0 Å². The lowest BCUT2D eigenvalue weighted by Gasteiger charge is -2.29. The van der Waals surface area contributed by atoms with E-state index in [1.807, 2.05) is 12.2 Å². The number of hydrogen-bond donors (Lipinski definition) is 0. The predicted octanol–water partition coefficient (Wildman–Crippen LogP) is 6.48. The van der Waals surface area contributed by atoms with E-state index in [2.05, 4.69) is 83.7 Å². The summed E-state index contributed by atoms with van der Waals surface area (Å²) >= 11 is 0. The van der Waals surface area contributed by atoms with Crippen LogP contribution in [0.15, 0.2) is 83.6 Å². The number of allylic oxidation sites excluding steroid dienone is 13. The summed E-state index contributed by atoms with van der Waals surface area (Å²) in [6.45, 7) is 14.7. The fourth-order valence-electron chi connectivity index (χ4n) is 2.48. The molecular weight excluding hydrogens is 252 g/mol. The van der Waals surface area contributed by atoms with E-state index < -0.39 is 0 Å². The van der Waals surface area contributed by atoms with Gasteiger partial charge in [-0.3, -0.25) is 0 Å². The molecule has 0 fully saturated rings. The van der Waals surface area contributed by atoms with Crippen molar-refractivity contribution in [1.29, 1.82) is 0 Å². The van der Waals surface area contributed by atoms with E-state index in [0.29, 0.717) is 0 Å². The Morgan fingerprint density at radius 2 is 1.81 bits per heavy atom. The second kappa shape index (κ2) is 7.83. The molecule has 1 rings (SSSR count). The topological polar surface area (TPSA) is 0 Å². The van der Waals surface area contributed by atoms with E-state index in [4.69, 9.17) is 0 Å². The minimum absolute atomic E-state index is 0.231. The molecule has 112 valence electrons. The zero-order valence-electron chi connectivity index (χ0n) is 14.1. The van der Waals surface area contributed by atoms with Gasteiger partial charge in [0.15, 0.2) is 0 Å². The Hall–Kier alpha value is -1.82. The Labute approximate surface area is 130 Å². The molecule has 0 N–H and O–H groups in total. The number of hydrogen-bond acceptors (Lipinski definition) is 0. The van der Waals surface area contributed by atoms with Gasteiger partial charge in [0, 0.05) is 0 Å². The van der Waals surface area contributed by atoms with Gasteiger partial charge in [-0.15, -0.1) is 0 Å². The largest absolute Gasteiger partial charge is 0.0991 e. The standard InChI is InChI=1S/C21H28/c1-7-10-17(2)11-8-12-18(3)14-15-20-19(4)13-9-16-21(20,5)6/h7-15H,1,16H2,2-6H3/b11-8+,15-14+,17-10+,18-12+. The van der Waals surface area contributed by atoms with E-state index in [1.165, 1.54) is 22.3 Å². The van der Waals surface area contributed by atoms with Crippen molar-refractivity contribution in [3.8, 4) is 0 Å². The van der Waals surface area contributed by atoms with Crippen LogP contribution in [0.3, 0.4) is 0 Å². The summed E-state index contributed by atoms with van der Waals surface area (Å²) in [5.74, 6) is 0. The lowest BCUT2D eigenvalue weighted by atomic mass is 9.75. The molecule has 1 aliphatic carbocycles. The van der Waals surface area contributed by atoms with E-state index in [1.54, 1.807) is 0 Å². The van der Waals surface area contributed by atoms with Crippen LogP contribution in [0.2, 0.25) is 0 Å². The molecule has 0 saturated heterocycles. The van der Waals surface area contributed by atoms with Crippen LogP contribution in [0.5, 0.6) is 0 Å². The summed E-state index contributed by atoms with van der Waals surface area (Å²) in [5.41, 5.74) is 5.49. The molecule has 1 aliphatic rings. The first-order chi connectivity index (χ1) is 9.86. The molecule has 0 aromatic rings. The van der Waals surface area contributed by atoms with Crippen LogP contribution in [0.25, 0.3) is 0 Å². The Balaban J connectivity index is 2.82. The van der Waals surface area contributed by atoms with Gasteiger partial charge >= 0.3 is 0 Å². The highest BCUT2D eigenvalue weighted by Crippen LogP contribution is 2.37. The van der Waals surface area contributed by atoms with Crippen LogP contribution in [0.4, 0.5) is 0 Å². The smallest absolute Gasteiger partial charge is 0.00664 e. The molecule has 0 heterocycles. The van der Waals surface area contributed by atoms with Crippen LogP contribution in [-0.2, 0) is 0 Å². The second-order valence-electron chi connectivity index (χ2n) is 6.34. The summed E-state index contributed by atoms with van der Waals surface area (Å²) in [6, 6.07) is 0. The third kappa shape index (κ3) is 5.59. The van der Waals surface area contributed by atoms with Gasteiger partial charge in [-0.2, -0.15) is 0 Å². The van der Waals surface area contributed by atoms with Gasteiger partial charge in [-0.05, 0) is 43.8 Å². The quantitative estimate of drug-likeness (QED) is 0.505. The van der Waals surface area contributed by atoms with E-state index >= 15 is 0 Å². The van der Waals surface area contributed by atoms with Crippen molar-refractivity contribution in [2.24, 2.45) is 5.41 Å². The maximum atomic E-state index is 3.70. The van der Waals surface area contributed by atoms with Gasteiger partial charge in [-0.1, -0.05) is 86.3 Å². The Morgan fingerprint density at radius 1 is 1.14 bits per heavy atom. The highest BCUT2D eigenvalue weighted by atomic mass is 14.3. The van der Waals surface area contributed by atoms with E-state index in [-0.39, 0.29) is 5.41 Å². The highest BCUT2D eigenvalue weighted by Gasteiger charge is 2.23. The van der Waals surface area contributed by atoms with E-state index in [0.717, 1.165) is 6.42 Å². The molecule has 0 atom stereocenters. The molecule has 0 bridgehead atoms. The summed E-state index contributed by atoms with van der Waals surface area (Å²) in [7, 11) is 0. The average molecular weight is 280 g/mol. The SMILES string of the molecule is C=C/C=C(C)/C=C/C=C(C)/C=C/C1=C(C)C=CCC1(C)C. The first-order valence-electron chi connectivity index (χ1n) is 7.57. The van der Waals surface area contributed by atoms with Crippen LogP contribution >= 0.6 is 0 Å². The zero-order valence-corrected chi connectivity index (χ0v) is 14.1. The molecule has 0 amide bonds. The van der Waals surface area contributed by atoms with Crippen molar-refractivity contribution >= 4 is 0 Å². The molecule has 0 unspecified atom stereocenters. The van der Waals surface area contributed by atoms with Gasteiger partial charge in [0.25, 0.3) is 0 Å². The van der Waals surface area contributed by atoms with Crippen molar-refractivity contribution in [2.75, 3.05) is 0 Å². The van der Waals surface area contributed by atoms with Gasteiger partial charge < -0.3 is 0 Å². The van der Waals surface area contributed by atoms with Crippen molar-refractivity contribution in [2.45, 2.75) is 41.0 Å². The van der Waals surface area contributed by atoms with Gasteiger partial charge in [0.2, 0.25) is 0 Å². The van der Waals surface area contributed by atoms with Crippen molar-refractivity contribution in [3.05, 3.63) is 83.6 Å². The maximum Gasteiger partial charge on any atom is -0.00664 e. The molecule has 0 aromatic carbocycles. The fraction of sp³-hybridized carbons (Fsp3) is 0.333. The van der Waals surface area contributed by atoms with Crippen LogP contribution in [0, 0.1) is 5.41 Å². The molecule has 21 heavy (non-hydrogen) atoms. The third-order valence-corrected chi connectivity index (χ3v) is 3.76. The molecule has 0 aromatic heterocycles. The van der Waals surface area contributed by atoms with E-state index in [9.17, 15) is 0 Å². The first kappa shape index (κ1) is 17.2. The maximum absolute atomic E-state index is 3.70. The van der Waals surface area contributed by atoms with Gasteiger partial charge in [0.1, 0.15) is 0 Å². The molecular formula is C21H28. The highest BCUT2D eigenvalue weighted by molar-refractivity contribution is 5.42. The lowest BCUT2D eigenvalue weighted by molar-refractivity contribution is 0.456. The lowest BCUT2D eigenvalue weighted by Crippen LogP contribution is -2.16. The average Bonchev–Trinajstić information content (AvgIpc) is 2.37. The minimum atomic E-state index is 0.231. The third-order valence-electron chi connectivity index (χ3n) is 3.76. The van der Waals surface area contributed by atoms with Crippen molar-refractivity contribution < 1.29 is 0 Å². The van der Waals surface area contributed by atoms with Crippen LogP contribution in [-0.4, -0.2) is 0 Å². The molecule has 0 radical (unpaired) electrons.